The number of nitrogens with zero attached hydrogens (tertiary/aromatic N) is 1. The molecular formula is C24H29N3O6. The molecule has 0 saturated carbocycles. The average molecular weight is 456 g/mol. The molecule has 0 atom stereocenters. The highest BCUT2D eigenvalue weighted by Crippen LogP contribution is 2.28. The molecule has 1 fully saturated rings. The first kappa shape index (κ1) is 24.1. The highest BCUT2D eigenvalue weighted by Gasteiger charge is 2.23. The summed E-state index contributed by atoms with van der Waals surface area (Å²) in [6.45, 7) is 1.51. The molecule has 2 amide bonds. The van der Waals surface area contributed by atoms with Crippen LogP contribution in [0.3, 0.4) is 0 Å². The van der Waals surface area contributed by atoms with Gasteiger partial charge in [0.15, 0.2) is 18.1 Å². The highest BCUT2D eigenvalue weighted by atomic mass is 16.6. The van der Waals surface area contributed by atoms with Crippen molar-refractivity contribution in [3.05, 3.63) is 54.1 Å². The zero-order valence-corrected chi connectivity index (χ0v) is 18.8. The van der Waals surface area contributed by atoms with E-state index in [4.69, 9.17) is 9.47 Å². The number of para-hydroxylation sites is 1. The summed E-state index contributed by atoms with van der Waals surface area (Å²) in [5.74, 6) is -0.0755. The van der Waals surface area contributed by atoms with Crippen LogP contribution >= 0.6 is 0 Å². The number of hydrogen-bond donors (Lipinski definition) is 2. The van der Waals surface area contributed by atoms with Gasteiger partial charge in [-0.2, -0.15) is 0 Å². The summed E-state index contributed by atoms with van der Waals surface area (Å²) in [6, 6.07) is 14.2. The zero-order chi connectivity index (χ0) is 23.6. The van der Waals surface area contributed by atoms with E-state index in [1.165, 1.54) is 14.2 Å². The normalized spacial score (nSPS) is 14.2. The largest absolute Gasteiger partial charge is 0.493 e. The van der Waals surface area contributed by atoms with E-state index >= 15 is 0 Å². The van der Waals surface area contributed by atoms with Gasteiger partial charge in [0, 0.05) is 30.4 Å². The molecule has 0 spiro atoms. The van der Waals surface area contributed by atoms with Crippen molar-refractivity contribution in [1.82, 2.24) is 10.2 Å². The number of carbonyl (C=O) groups is 3. The van der Waals surface area contributed by atoms with Gasteiger partial charge in [0.1, 0.15) is 0 Å². The summed E-state index contributed by atoms with van der Waals surface area (Å²) in [5, 5.41) is 5.93. The summed E-state index contributed by atoms with van der Waals surface area (Å²) >= 11 is 0. The van der Waals surface area contributed by atoms with Gasteiger partial charge in [-0.3, -0.25) is 14.5 Å². The minimum Gasteiger partial charge on any atom is -0.493 e. The number of ether oxygens (including phenoxy) is 3. The van der Waals surface area contributed by atoms with Crippen molar-refractivity contribution >= 4 is 23.5 Å². The Bertz CT molecular complexity index is 958. The average Bonchev–Trinajstić information content (AvgIpc) is 2.84. The lowest BCUT2D eigenvalue weighted by Gasteiger charge is -2.31. The van der Waals surface area contributed by atoms with Crippen LogP contribution in [0.1, 0.15) is 23.2 Å². The minimum atomic E-state index is -0.511. The second-order valence-electron chi connectivity index (χ2n) is 7.67. The third-order valence-electron chi connectivity index (χ3n) is 5.35. The first-order valence-corrected chi connectivity index (χ1v) is 10.7. The third kappa shape index (κ3) is 7.21. The van der Waals surface area contributed by atoms with E-state index in [1.54, 1.807) is 18.2 Å². The molecule has 3 rings (SSSR count). The van der Waals surface area contributed by atoms with Crippen molar-refractivity contribution < 1.29 is 28.6 Å². The Balaban J connectivity index is 1.46. The molecule has 0 bridgehead atoms. The SMILES string of the molecule is COC(=O)COc1ccc(C(=O)NC2CCN(CC(=O)Nc3ccccc3)CC2)cc1OC. The summed E-state index contributed by atoms with van der Waals surface area (Å²) in [7, 11) is 2.74. The number of likely N-dealkylation sites (tertiary alicyclic amines) is 1. The van der Waals surface area contributed by atoms with Gasteiger partial charge in [-0.15, -0.1) is 0 Å². The number of piperidine rings is 1. The Morgan fingerprint density at radius 2 is 1.73 bits per heavy atom. The first-order chi connectivity index (χ1) is 16.0. The van der Waals surface area contributed by atoms with Crippen LogP contribution in [0.4, 0.5) is 5.69 Å². The first-order valence-electron chi connectivity index (χ1n) is 10.7. The summed E-state index contributed by atoms with van der Waals surface area (Å²) in [5.41, 5.74) is 1.21. The molecule has 9 heteroatoms. The quantitative estimate of drug-likeness (QED) is 0.558. The van der Waals surface area contributed by atoms with Crippen molar-refractivity contribution in [2.75, 3.05) is 45.8 Å². The number of carbonyl (C=O) groups excluding carboxylic acids is 3. The molecule has 176 valence electrons. The molecule has 1 heterocycles. The maximum absolute atomic E-state index is 12.7. The molecular weight excluding hydrogens is 426 g/mol. The minimum absolute atomic E-state index is 0.0205. The van der Waals surface area contributed by atoms with E-state index < -0.39 is 5.97 Å². The van der Waals surface area contributed by atoms with Crippen LogP contribution in [0.25, 0.3) is 0 Å². The zero-order valence-electron chi connectivity index (χ0n) is 18.8. The number of anilines is 1. The number of amides is 2. The topological polar surface area (TPSA) is 106 Å². The number of nitrogens with one attached hydrogen (secondary N) is 2. The van der Waals surface area contributed by atoms with Gasteiger partial charge in [-0.25, -0.2) is 4.79 Å². The van der Waals surface area contributed by atoms with Crippen LogP contribution in [0.5, 0.6) is 11.5 Å². The maximum atomic E-state index is 12.7. The molecule has 1 aliphatic rings. The van der Waals surface area contributed by atoms with E-state index in [2.05, 4.69) is 20.3 Å². The lowest BCUT2D eigenvalue weighted by Crippen LogP contribution is -2.46. The van der Waals surface area contributed by atoms with Crippen LogP contribution < -0.4 is 20.1 Å². The Labute approximate surface area is 193 Å². The second-order valence-corrected chi connectivity index (χ2v) is 7.67. The number of benzene rings is 2. The van der Waals surface area contributed by atoms with Crippen molar-refractivity contribution in [2.24, 2.45) is 0 Å². The molecule has 9 nitrogen and oxygen atoms in total. The molecule has 1 saturated heterocycles. The van der Waals surface area contributed by atoms with Gasteiger partial charge in [-0.05, 0) is 43.2 Å². The van der Waals surface area contributed by atoms with E-state index in [0.717, 1.165) is 31.6 Å². The van der Waals surface area contributed by atoms with Gasteiger partial charge in [-0.1, -0.05) is 18.2 Å². The molecule has 2 N–H and O–H groups in total. The van der Waals surface area contributed by atoms with E-state index in [9.17, 15) is 14.4 Å². The number of hydrogen-bond acceptors (Lipinski definition) is 7. The molecule has 0 aliphatic carbocycles. The summed E-state index contributed by atoms with van der Waals surface area (Å²) in [6.07, 6.45) is 1.50. The molecule has 33 heavy (non-hydrogen) atoms. The van der Waals surface area contributed by atoms with Gasteiger partial charge < -0.3 is 24.8 Å². The molecule has 1 aliphatic heterocycles. The Morgan fingerprint density at radius 3 is 2.39 bits per heavy atom. The van der Waals surface area contributed by atoms with Crippen LogP contribution in [-0.2, 0) is 14.3 Å². The fraction of sp³-hybridized carbons (Fsp3) is 0.375. The van der Waals surface area contributed by atoms with Gasteiger partial charge >= 0.3 is 5.97 Å². The van der Waals surface area contributed by atoms with E-state index in [0.29, 0.717) is 23.6 Å². The Kier molecular flexibility index (Phi) is 8.65. The Hall–Kier alpha value is -3.59. The van der Waals surface area contributed by atoms with E-state index in [1.807, 2.05) is 30.3 Å². The van der Waals surface area contributed by atoms with Crippen molar-refractivity contribution in [3.63, 3.8) is 0 Å². The summed E-state index contributed by atoms with van der Waals surface area (Å²) < 4.78 is 15.2. The molecule has 2 aromatic carbocycles. The molecule has 0 aromatic heterocycles. The fourth-order valence-corrected chi connectivity index (χ4v) is 3.55. The van der Waals surface area contributed by atoms with Crippen LogP contribution in [0.15, 0.2) is 48.5 Å². The van der Waals surface area contributed by atoms with Gasteiger partial charge in [0.05, 0.1) is 20.8 Å². The van der Waals surface area contributed by atoms with Gasteiger partial charge in [0.25, 0.3) is 5.91 Å². The highest BCUT2D eigenvalue weighted by molar-refractivity contribution is 5.95. The molecule has 2 aromatic rings. The maximum Gasteiger partial charge on any atom is 0.343 e. The van der Waals surface area contributed by atoms with Crippen molar-refractivity contribution in [1.29, 1.82) is 0 Å². The number of esters is 1. The monoisotopic (exact) mass is 455 g/mol. The fourth-order valence-electron chi connectivity index (χ4n) is 3.55. The van der Waals surface area contributed by atoms with Crippen LogP contribution in [0.2, 0.25) is 0 Å². The lowest BCUT2D eigenvalue weighted by molar-refractivity contribution is -0.142. The predicted molar refractivity (Wildman–Crippen MR) is 123 cm³/mol. The number of rotatable bonds is 9. The van der Waals surface area contributed by atoms with Crippen LogP contribution in [0, 0.1) is 0 Å². The van der Waals surface area contributed by atoms with Crippen molar-refractivity contribution in [2.45, 2.75) is 18.9 Å². The Morgan fingerprint density at radius 1 is 1.00 bits per heavy atom. The van der Waals surface area contributed by atoms with E-state index in [-0.39, 0.29) is 24.5 Å². The number of methoxy groups -OCH3 is 2. The standard InChI is InChI=1S/C24H29N3O6/c1-31-21-14-17(8-9-20(21)33-16-23(29)32-2)24(30)26-19-10-12-27(13-11-19)15-22(28)25-18-6-4-3-5-7-18/h3-9,14,19H,10-13,15-16H2,1-2H3,(H,25,28)(H,26,30). The predicted octanol–water partition coefficient (Wildman–Crippen LogP) is 2.08. The van der Waals surface area contributed by atoms with Crippen molar-refractivity contribution in [3.8, 4) is 11.5 Å². The molecule has 0 radical (unpaired) electrons. The molecule has 0 unspecified atom stereocenters. The smallest absolute Gasteiger partial charge is 0.343 e. The summed E-state index contributed by atoms with van der Waals surface area (Å²) in [4.78, 5) is 38.3. The van der Waals surface area contributed by atoms with Gasteiger partial charge in [0.2, 0.25) is 5.91 Å². The third-order valence-corrected chi connectivity index (χ3v) is 5.35. The van der Waals surface area contributed by atoms with Crippen LogP contribution in [-0.4, -0.2) is 69.2 Å². The lowest BCUT2D eigenvalue weighted by atomic mass is 10.0. The second kappa shape index (κ2) is 11.9.